The Morgan fingerprint density at radius 3 is 2.09 bits per heavy atom. The van der Waals surface area contributed by atoms with Crippen LogP contribution in [0.25, 0.3) is 0 Å². The number of guanidine groups is 1. The zero-order valence-corrected chi connectivity index (χ0v) is 28.0. The second kappa shape index (κ2) is 20.4. The van der Waals surface area contributed by atoms with E-state index in [2.05, 4.69) is 55.4 Å². The Labute approximate surface area is 272 Å². The summed E-state index contributed by atoms with van der Waals surface area (Å²) in [6, 6.07) is 5.69. The molecule has 0 aliphatic rings. The highest BCUT2D eigenvalue weighted by molar-refractivity contribution is 5.97. The van der Waals surface area contributed by atoms with Crippen molar-refractivity contribution in [3.63, 3.8) is 0 Å². The van der Waals surface area contributed by atoms with Gasteiger partial charge in [-0.3, -0.25) is 29.0 Å². The van der Waals surface area contributed by atoms with Gasteiger partial charge in [-0.25, -0.2) is 0 Å². The molecule has 13 heteroatoms. The molecule has 1 unspecified atom stereocenters. The van der Waals surface area contributed by atoms with Gasteiger partial charge in [-0.15, -0.1) is 13.2 Å². The molecule has 0 spiro atoms. The van der Waals surface area contributed by atoms with Gasteiger partial charge in [0.2, 0.25) is 29.5 Å². The summed E-state index contributed by atoms with van der Waals surface area (Å²) in [5.41, 5.74) is -0.796. The number of benzene rings is 1. The van der Waals surface area contributed by atoms with E-state index in [0.717, 1.165) is 0 Å². The average molecular weight is 641 g/mol. The predicted octanol–water partition coefficient (Wildman–Crippen LogP) is 1.21. The molecule has 0 aliphatic heterocycles. The monoisotopic (exact) mass is 640 g/mol. The Bertz CT molecular complexity index is 1220. The van der Waals surface area contributed by atoms with Crippen molar-refractivity contribution in [2.75, 3.05) is 27.2 Å². The van der Waals surface area contributed by atoms with Crippen molar-refractivity contribution in [1.82, 2.24) is 37.2 Å². The Morgan fingerprint density at radius 1 is 0.891 bits per heavy atom. The van der Waals surface area contributed by atoms with Crippen LogP contribution >= 0.6 is 0 Å². The first-order chi connectivity index (χ1) is 21.9. The highest BCUT2D eigenvalue weighted by Crippen LogP contribution is 2.15. The maximum Gasteiger partial charge on any atom is 0.247 e. The van der Waals surface area contributed by atoms with E-state index in [9.17, 15) is 24.0 Å². The van der Waals surface area contributed by atoms with E-state index in [4.69, 9.17) is 0 Å². The van der Waals surface area contributed by atoms with E-state index >= 15 is 0 Å². The van der Waals surface area contributed by atoms with Crippen LogP contribution in [0.2, 0.25) is 0 Å². The van der Waals surface area contributed by atoms with Gasteiger partial charge in [0.1, 0.15) is 23.7 Å². The first kappa shape index (κ1) is 39.3. The van der Waals surface area contributed by atoms with Gasteiger partial charge in [-0.2, -0.15) is 0 Å². The summed E-state index contributed by atoms with van der Waals surface area (Å²) in [6.07, 6.45) is 4.06. The molecular formula is C33H52N8O5. The van der Waals surface area contributed by atoms with Crippen LogP contribution in [0.4, 0.5) is 0 Å². The van der Waals surface area contributed by atoms with Crippen molar-refractivity contribution in [2.45, 2.75) is 77.0 Å². The summed E-state index contributed by atoms with van der Waals surface area (Å²) in [7, 11) is 3.35. The predicted molar refractivity (Wildman–Crippen MR) is 181 cm³/mol. The molecule has 0 aromatic heterocycles. The first-order valence-electron chi connectivity index (χ1n) is 15.5. The van der Waals surface area contributed by atoms with Gasteiger partial charge in [0.05, 0.1) is 0 Å². The van der Waals surface area contributed by atoms with Crippen LogP contribution in [-0.2, 0) is 24.0 Å². The fourth-order valence-corrected chi connectivity index (χ4v) is 4.37. The largest absolute Gasteiger partial charge is 0.359 e. The molecular weight excluding hydrogens is 588 g/mol. The van der Waals surface area contributed by atoms with Crippen molar-refractivity contribution in [3.05, 3.63) is 61.2 Å². The number of carbonyl (C=O) groups excluding carboxylic acids is 5. The third-order valence-electron chi connectivity index (χ3n) is 7.16. The molecule has 46 heavy (non-hydrogen) atoms. The lowest BCUT2D eigenvalue weighted by atomic mass is 9.94. The van der Waals surface area contributed by atoms with E-state index in [-0.39, 0.29) is 37.6 Å². The van der Waals surface area contributed by atoms with Gasteiger partial charge in [0.15, 0.2) is 5.96 Å². The van der Waals surface area contributed by atoms with Crippen molar-refractivity contribution < 1.29 is 24.0 Å². The molecule has 0 bridgehead atoms. The zero-order chi connectivity index (χ0) is 34.7. The van der Waals surface area contributed by atoms with Gasteiger partial charge in [-0.1, -0.05) is 63.3 Å². The van der Waals surface area contributed by atoms with Gasteiger partial charge >= 0.3 is 0 Å². The van der Waals surface area contributed by atoms with Gasteiger partial charge in [-0.05, 0) is 38.2 Å². The molecule has 254 valence electrons. The Hall–Kier alpha value is -4.68. The lowest BCUT2D eigenvalue weighted by Gasteiger charge is -2.32. The van der Waals surface area contributed by atoms with Crippen LogP contribution in [0, 0.1) is 5.92 Å². The molecule has 0 saturated carbocycles. The minimum atomic E-state index is -1.36. The second-order valence-corrected chi connectivity index (χ2v) is 11.2. The SMILES string of the molecule is C=CCNC(=O)[C@H](NC(=O)[C@H](CC)NC(=O)[C@H](CCCNC(=NC)NC)NC(=O)C(C)(CC=C)NC(=O)C(C)C)c1ccccc1. The normalized spacial score (nSPS) is 14.4. The molecule has 1 aromatic carbocycles. The smallest absolute Gasteiger partial charge is 0.247 e. The summed E-state index contributed by atoms with van der Waals surface area (Å²) in [5.74, 6) is -2.28. The van der Waals surface area contributed by atoms with Crippen LogP contribution in [0.15, 0.2) is 60.6 Å². The van der Waals surface area contributed by atoms with Crippen LogP contribution in [-0.4, -0.2) is 80.3 Å². The van der Waals surface area contributed by atoms with E-state index in [1.54, 1.807) is 72.1 Å². The Morgan fingerprint density at radius 2 is 1.54 bits per heavy atom. The summed E-state index contributed by atoms with van der Waals surface area (Å²) in [5, 5.41) is 19.8. The molecule has 7 N–H and O–H groups in total. The van der Waals surface area contributed by atoms with Crippen molar-refractivity contribution in [2.24, 2.45) is 10.9 Å². The Kier molecular flexibility index (Phi) is 17.4. The summed E-state index contributed by atoms with van der Waals surface area (Å²) in [4.78, 5) is 70.3. The molecule has 1 aromatic rings. The van der Waals surface area contributed by atoms with Crippen LogP contribution in [0.5, 0.6) is 0 Å². The molecule has 0 heterocycles. The lowest BCUT2D eigenvalue weighted by molar-refractivity contribution is -0.137. The maximum absolute atomic E-state index is 13.7. The van der Waals surface area contributed by atoms with Gasteiger partial charge < -0.3 is 37.2 Å². The standard InChI is InChI=1S/C33H52N8O5/c1-9-19-33(6,41-27(42)22(4)5)31(46)39-25(18-15-21-37-32(34-7)35-8)29(44)38-24(11-3)28(43)40-26(30(45)36-20-10-2)23-16-13-12-14-17-23/h9-10,12-14,16-17,22,24-26H,1-2,11,15,18-21H2,3-8H3,(H,36,45)(H,38,44)(H,39,46)(H,40,43)(H,41,42)(H2,34,35,37)/t24-,25-,26+,33?/m0/s1. The zero-order valence-electron chi connectivity index (χ0n) is 28.0. The van der Waals surface area contributed by atoms with E-state index in [0.29, 0.717) is 24.5 Å². The highest BCUT2D eigenvalue weighted by Gasteiger charge is 2.37. The number of aliphatic imine (C=N–C) groups is 1. The average Bonchev–Trinajstić information content (AvgIpc) is 3.04. The Balaban J connectivity index is 3.22. The second-order valence-electron chi connectivity index (χ2n) is 11.2. The quantitative estimate of drug-likeness (QED) is 0.0513. The maximum atomic E-state index is 13.7. The third kappa shape index (κ3) is 12.7. The molecule has 0 radical (unpaired) electrons. The summed E-state index contributed by atoms with van der Waals surface area (Å²) >= 11 is 0. The number of nitrogens with zero attached hydrogens (tertiary/aromatic N) is 1. The molecule has 0 aliphatic carbocycles. The number of hydrogen-bond donors (Lipinski definition) is 7. The number of carbonyl (C=O) groups is 5. The molecule has 1 rings (SSSR count). The molecule has 4 atom stereocenters. The fraction of sp³-hybridized carbons (Fsp3) is 0.515. The van der Waals surface area contributed by atoms with Crippen LogP contribution in [0.1, 0.15) is 65.0 Å². The van der Waals surface area contributed by atoms with E-state index in [1.807, 2.05) is 0 Å². The first-order valence-corrected chi connectivity index (χ1v) is 15.5. The minimum absolute atomic E-state index is 0.125. The molecule has 0 fully saturated rings. The molecule has 0 saturated heterocycles. The molecule has 5 amide bonds. The third-order valence-corrected chi connectivity index (χ3v) is 7.16. The highest BCUT2D eigenvalue weighted by atomic mass is 16.2. The molecule has 13 nitrogen and oxygen atoms in total. The lowest BCUT2D eigenvalue weighted by Crippen LogP contribution is -2.61. The van der Waals surface area contributed by atoms with E-state index < -0.39 is 47.3 Å². The number of amides is 5. The van der Waals surface area contributed by atoms with E-state index in [1.165, 1.54) is 12.2 Å². The van der Waals surface area contributed by atoms with Gasteiger partial charge in [0, 0.05) is 33.1 Å². The fourth-order valence-electron chi connectivity index (χ4n) is 4.37. The summed E-state index contributed by atoms with van der Waals surface area (Å²) in [6.45, 7) is 14.7. The van der Waals surface area contributed by atoms with Gasteiger partial charge in [0.25, 0.3) is 0 Å². The summed E-state index contributed by atoms with van der Waals surface area (Å²) < 4.78 is 0. The van der Waals surface area contributed by atoms with Crippen molar-refractivity contribution >= 4 is 35.5 Å². The van der Waals surface area contributed by atoms with Crippen molar-refractivity contribution in [3.8, 4) is 0 Å². The number of hydrogen-bond acceptors (Lipinski definition) is 6. The topological polar surface area (TPSA) is 182 Å². The van der Waals surface area contributed by atoms with Crippen LogP contribution in [0.3, 0.4) is 0 Å². The number of nitrogens with one attached hydrogen (secondary N) is 7. The van der Waals surface area contributed by atoms with Crippen molar-refractivity contribution in [1.29, 1.82) is 0 Å². The van der Waals surface area contributed by atoms with Crippen LogP contribution < -0.4 is 37.2 Å². The minimum Gasteiger partial charge on any atom is -0.359 e. The number of rotatable bonds is 19.